The van der Waals surface area contributed by atoms with Crippen molar-refractivity contribution < 1.29 is 14.3 Å². The van der Waals surface area contributed by atoms with Crippen LogP contribution in [0, 0.1) is 13.8 Å². The van der Waals surface area contributed by atoms with Gasteiger partial charge in [0.2, 0.25) is 5.91 Å². The van der Waals surface area contributed by atoms with E-state index in [9.17, 15) is 9.59 Å². The lowest BCUT2D eigenvalue weighted by molar-refractivity contribution is -0.143. The first-order chi connectivity index (χ1) is 13.8. The number of nitrogens with zero attached hydrogens (tertiary/aromatic N) is 1. The molecule has 2 amide bonds. The topological polar surface area (TPSA) is 58.6 Å². The third-order valence-corrected chi connectivity index (χ3v) is 4.69. The summed E-state index contributed by atoms with van der Waals surface area (Å²) in [6, 6.07) is 15.0. The number of hydrogen-bond acceptors (Lipinski definition) is 3. The maximum atomic E-state index is 13.1. The van der Waals surface area contributed by atoms with E-state index in [1.165, 1.54) is 0 Å². The number of rotatable bonds is 9. The number of amides is 2. The molecule has 0 unspecified atom stereocenters. The molecule has 5 heteroatoms. The van der Waals surface area contributed by atoms with Crippen LogP contribution in [0.3, 0.4) is 0 Å². The summed E-state index contributed by atoms with van der Waals surface area (Å²) in [6.45, 7) is 9.97. The lowest BCUT2D eigenvalue weighted by Gasteiger charge is -2.31. The molecule has 0 aliphatic rings. The molecule has 0 bridgehead atoms. The Morgan fingerprint density at radius 1 is 1.07 bits per heavy atom. The average Bonchev–Trinajstić information content (AvgIpc) is 2.67. The lowest BCUT2D eigenvalue weighted by atomic mass is 10.1. The first-order valence-corrected chi connectivity index (χ1v) is 10.2. The summed E-state index contributed by atoms with van der Waals surface area (Å²) in [4.78, 5) is 27.5. The molecule has 5 nitrogen and oxygen atoms in total. The number of ether oxygens (including phenoxy) is 1. The Kier molecular flexibility index (Phi) is 8.25. The molecule has 1 N–H and O–H groups in total. The summed E-state index contributed by atoms with van der Waals surface area (Å²) in [5.74, 6) is 0.334. The summed E-state index contributed by atoms with van der Waals surface area (Å²) in [7, 11) is 0. The van der Waals surface area contributed by atoms with E-state index in [4.69, 9.17) is 4.74 Å². The number of nitrogens with one attached hydrogen (secondary N) is 1. The Balaban J connectivity index is 2.20. The van der Waals surface area contributed by atoms with Crippen molar-refractivity contribution in [3.63, 3.8) is 0 Å². The third kappa shape index (κ3) is 6.63. The van der Waals surface area contributed by atoms with Gasteiger partial charge in [-0.25, -0.2) is 0 Å². The minimum absolute atomic E-state index is 0.0108. The molecule has 0 aliphatic heterocycles. The molecule has 2 rings (SSSR count). The van der Waals surface area contributed by atoms with Crippen molar-refractivity contribution in [1.82, 2.24) is 10.2 Å². The van der Waals surface area contributed by atoms with Crippen molar-refractivity contribution in [3.05, 3.63) is 65.2 Å². The lowest BCUT2D eigenvalue weighted by Crippen LogP contribution is -2.51. The fourth-order valence-corrected chi connectivity index (χ4v) is 3.26. The van der Waals surface area contributed by atoms with Crippen molar-refractivity contribution in [1.29, 1.82) is 0 Å². The molecule has 29 heavy (non-hydrogen) atoms. The van der Waals surface area contributed by atoms with E-state index < -0.39 is 6.04 Å². The molecule has 0 fully saturated rings. The van der Waals surface area contributed by atoms with Crippen LogP contribution in [-0.4, -0.2) is 35.4 Å². The van der Waals surface area contributed by atoms with Crippen LogP contribution in [0.5, 0.6) is 5.75 Å². The molecular formula is C24H32N2O3. The number of aryl methyl sites for hydroxylation is 2. The first-order valence-electron chi connectivity index (χ1n) is 10.2. The second-order valence-electron chi connectivity index (χ2n) is 7.65. The summed E-state index contributed by atoms with van der Waals surface area (Å²) >= 11 is 0. The zero-order chi connectivity index (χ0) is 21.4. The Morgan fingerprint density at radius 3 is 2.34 bits per heavy atom. The normalized spacial score (nSPS) is 11.8. The molecule has 0 saturated carbocycles. The average molecular weight is 397 g/mol. The summed E-state index contributed by atoms with van der Waals surface area (Å²) in [6.07, 6.45) is 0.528. The molecule has 2 aromatic rings. The number of carbonyl (C=O) groups is 2. The fraction of sp³-hybridized carbons (Fsp3) is 0.417. The van der Waals surface area contributed by atoms with Gasteiger partial charge in [0.1, 0.15) is 11.8 Å². The zero-order valence-electron chi connectivity index (χ0n) is 18.1. The Bertz CT molecular complexity index is 818. The van der Waals surface area contributed by atoms with Crippen LogP contribution in [-0.2, 0) is 16.1 Å². The van der Waals surface area contributed by atoms with E-state index in [2.05, 4.69) is 5.32 Å². The van der Waals surface area contributed by atoms with Gasteiger partial charge in [-0.1, -0.05) is 55.0 Å². The highest BCUT2D eigenvalue weighted by molar-refractivity contribution is 5.88. The van der Waals surface area contributed by atoms with Gasteiger partial charge in [0, 0.05) is 12.6 Å². The molecule has 0 radical (unpaired) electrons. The van der Waals surface area contributed by atoms with E-state index in [0.717, 1.165) is 16.7 Å². The highest BCUT2D eigenvalue weighted by Gasteiger charge is 2.29. The van der Waals surface area contributed by atoms with Crippen LogP contribution >= 0.6 is 0 Å². The van der Waals surface area contributed by atoms with Gasteiger partial charge in [-0.15, -0.1) is 0 Å². The summed E-state index contributed by atoms with van der Waals surface area (Å²) < 4.78 is 5.80. The Labute approximate surface area is 174 Å². The molecule has 0 spiro atoms. The van der Waals surface area contributed by atoms with Crippen LogP contribution < -0.4 is 10.1 Å². The number of benzene rings is 2. The highest BCUT2D eigenvalue weighted by Crippen LogP contribution is 2.19. The number of hydrogen-bond donors (Lipinski definition) is 1. The second-order valence-corrected chi connectivity index (χ2v) is 7.65. The van der Waals surface area contributed by atoms with Crippen LogP contribution in [0.4, 0.5) is 0 Å². The van der Waals surface area contributed by atoms with Gasteiger partial charge >= 0.3 is 0 Å². The molecule has 0 saturated heterocycles. The van der Waals surface area contributed by atoms with Gasteiger partial charge in [-0.05, 0) is 51.3 Å². The van der Waals surface area contributed by atoms with E-state index in [1.807, 2.05) is 83.1 Å². The van der Waals surface area contributed by atoms with E-state index in [0.29, 0.717) is 18.7 Å². The van der Waals surface area contributed by atoms with E-state index in [-0.39, 0.29) is 24.5 Å². The van der Waals surface area contributed by atoms with E-state index in [1.54, 1.807) is 4.90 Å². The van der Waals surface area contributed by atoms with Crippen molar-refractivity contribution in [3.8, 4) is 5.75 Å². The van der Waals surface area contributed by atoms with Crippen LogP contribution in [0.1, 0.15) is 43.9 Å². The first kappa shape index (κ1) is 22.5. The van der Waals surface area contributed by atoms with Crippen molar-refractivity contribution >= 4 is 11.8 Å². The smallest absolute Gasteiger partial charge is 0.261 e. The minimum Gasteiger partial charge on any atom is -0.483 e. The largest absolute Gasteiger partial charge is 0.483 e. The maximum absolute atomic E-state index is 13.1. The number of carbonyl (C=O) groups excluding carboxylic acids is 2. The van der Waals surface area contributed by atoms with Crippen molar-refractivity contribution in [2.75, 3.05) is 6.61 Å². The van der Waals surface area contributed by atoms with Crippen LogP contribution in [0.15, 0.2) is 48.5 Å². The predicted molar refractivity (Wildman–Crippen MR) is 116 cm³/mol. The van der Waals surface area contributed by atoms with Gasteiger partial charge in [-0.3, -0.25) is 9.59 Å². The molecular weight excluding hydrogens is 364 g/mol. The molecule has 156 valence electrons. The second kappa shape index (κ2) is 10.6. The van der Waals surface area contributed by atoms with Gasteiger partial charge in [-0.2, -0.15) is 0 Å². The summed E-state index contributed by atoms with van der Waals surface area (Å²) in [5.41, 5.74) is 3.10. The van der Waals surface area contributed by atoms with Gasteiger partial charge in [0.15, 0.2) is 6.61 Å². The van der Waals surface area contributed by atoms with Gasteiger partial charge < -0.3 is 15.0 Å². The SMILES string of the molecule is CC[C@H](C(=O)NC(C)C)N(Cc1ccccc1)C(=O)COc1ccc(C)cc1C. The molecule has 0 aromatic heterocycles. The summed E-state index contributed by atoms with van der Waals surface area (Å²) in [5, 5.41) is 2.93. The van der Waals surface area contributed by atoms with Crippen LogP contribution in [0.25, 0.3) is 0 Å². The molecule has 0 aliphatic carbocycles. The molecule has 1 atom stereocenters. The molecule has 2 aromatic carbocycles. The Hall–Kier alpha value is -2.82. The van der Waals surface area contributed by atoms with E-state index >= 15 is 0 Å². The van der Waals surface area contributed by atoms with Gasteiger partial charge in [0.25, 0.3) is 5.91 Å². The highest BCUT2D eigenvalue weighted by atomic mass is 16.5. The molecule has 0 heterocycles. The third-order valence-electron chi connectivity index (χ3n) is 4.69. The monoisotopic (exact) mass is 396 g/mol. The fourth-order valence-electron chi connectivity index (χ4n) is 3.26. The quantitative estimate of drug-likeness (QED) is 0.697. The van der Waals surface area contributed by atoms with Gasteiger partial charge in [0.05, 0.1) is 0 Å². The standard InChI is InChI=1S/C24H32N2O3/c1-6-21(24(28)25-17(2)3)26(15-20-10-8-7-9-11-20)23(27)16-29-22-13-12-18(4)14-19(22)5/h7-14,17,21H,6,15-16H2,1-5H3,(H,25,28)/t21-/m1/s1. The Morgan fingerprint density at radius 2 is 1.76 bits per heavy atom. The van der Waals surface area contributed by atoms with Crippen molar-refractivity contribution in [2.45, 2.75) is 59.7 Å². The van der Waals surface area contributed by atoms with Crippen LogP contribution in [0.2, 0.25) is 0 Å². The predicted octanol–water partition coefficient (Wildman–Crippen LogP) is 4.01. The maximum Gasteiger partial charge on any atom is 0.261 e. The van der Waals surface area contributed by atoms with Crippen molar-refractivity contribution in [2.24, 2.45) is 0 Å². The zero-order valence-corrected chi connectivity index (χ0v) is 18.1. The minimum atomic E-state index is -0.548.